The summed E-state index contributed by atoms with van der Waals surface area (Å²) in [5, 5.41) is 10.1. The van der Waals surface area contributed by atoms with Crippen molar-refractivity contribution in [3.63, 3.8) is 0 Å². The van der Waals surface area contributed by atoms with Crippen LogP contribution < -0.4 is 0 Å². The van der Waals surface area contributed by atoms with Crippen LogP contribution in [-0.2, 0) is 28.6 Å². The molecule has 0 aromatic heterocycles. The predicted molar refractivity (Wildman–Crippen MR) is 102 cm³/mol. The van der Waals surface area contributed by atoms with Gasteiger partial charge in [-0.15, -0.1) is 0 Å². The van der Waals surface area contributed by atoms with Crippen LogP contribution in [0.25, 0.3) is 0 Å². The molecule has 3 saturated carbocycles. The molecule has 4 aliphatic carbocycles. The number of rotatable bonds is 5. The highest BCUT2D eigenvalue weighted by molar-refractivity contribution is 5.97. The summed E-state index contributed by atoms with van der Waals surface area (Å²) in [7, 11) is 2.90. The van der Waals surface area contributed by atoms with Gasteiger partial charge in [-0.1, -0.05) is 12.2 Å². The fourth-order valence-electron chi connectivity index (χ4n) is 6.87. The maximum Gasteiger partial charge on any atom is 0.310 e. The van der Waals surface area contributed by atoms with Gasteiger partial charge in [0.25, 0.3) is 0 Å². The second kappa shape index (κ2) is 6.51. The lowest BCUT2D eigenvalue weighted by Crippen LogP contribution is -2.48. The first-order chi connectivity index (χ1) is 13.6. The van der Waals surface area contributed by atoms with Crippen LogP contribution >= 0.6 is 0 Å². The van der Waals surface area contributed by atoms with Crippen molar-refractivity contribution in [3.8, 4) is 0 Å². The van der Waals surface area contributed by atoms with Gasteiger partial charge in [-0.25, -0.2) is 0 Å². The van der Waals surface area contributed by atoms with Crippen LogP contribution in [0.3, 0.4) is 0 Å². The van der Waals surface area contributed by atoms with E-state index in [0.717, 1.165) is 11.1 Å². The molecule has 7 nitrogen and oxygen atoms in total. The van der Waals surface area contributed by atoms with E-state index in [-0.39, 0.29) is 24.9 Å². The van der Waals surface area contributed by atoms with Crippen molar-refractivity contribution in [2.75, 3.05) is 21.0 Å². The molecule has 3 fully saturated rings. The van der Waals surface area contributed by atoms with Gasteiger partial charge < -0.3 is 19.3 Å². The quantitative estimate of drug-likeness (QED) is 0.427. The minimum absolute atomic E-state index is 0.0574. The number of carboxylic acid groups (broad SMARTS) is 1. The summed E-state index contributed by atoms with van der Waals surface area (Å²) in [6, 6.07) is 0. The lowest BCUT2D eigenvalue weighted by molar-refractivity contribution is -0.165. The van der Waals surface area contributed by atoms with Crippen molar-refractivity contribution in [1.29, 1.82) is 0 Å². The zero-order chi connectivity index (χ0) is 21.2. The summed E-state index contributed by atoms with van der Waals surface area (Å²) in [5.41, 5.74) is -0.763. The number of hydrogen-bond acceptors (Lipinski definition) is 6. The largest absolute Gasteiger partial charge is 0.481 e. The number of aliphatic carboxylic acids is 1. The Morgan fingerprint density at radius 1 is 1.31 bits per heavy atom. The maximum atomic E-state index is 13.1. The summed E-state index contributed by atoms with van der Waals surface area (Å²) in [6.07, 6.45) is 4.02. The molecule has 6 atom stereocenters. The van der Waals surface area contributed by atoms with E-state index in [1.165, 1.54) is 7.11 Å². The van der Waals surface area contributed by atoms with Crippen LogP contribution in [0.1, 0.15) is 39.0 Å². The summed E-state index contributed by atoms with van der Waals surface area (Å²) >= 11 is 0. The number of carbonyl (C=O) groups is 3. The van der Waals surface area contributed by atoms with Gasteiger partial charge in [-0.05, 0) is 55.6 Å². The first kappa shape index (κ1) is 20.3. The zero-order valence-corrected chi connectivity index (χ0v) is 17.2. The second-order valence-electron chi connectivity index (χ2n) is 9.32. The summed E-state index contributed by atoms with van der Waals surface area (Å²) in [4.78, 5) is 37.9. The van der Waals surface area contributed by atoms with Crippen LogP contribution in [0.4, 0.5) is 0 Å². The molecule has 0 aromatic rings. The highest BCUT2D eigenvalue weighted by Crippen LogP contribution is 2.73. The fourth-order valence-corrected chi connectivity index (χ4v) is 6.87. The molecular formula is C22H28O7. The van der Waals surface area contributed by atoms with Crippen LogP contribution in [0.15, 0.2) is 23.8 Å². The number of esters is 1. The molecule has 0 aromatic carbocycles. The van der Waals surface area contributed by atoms with Crippen molar-refractivity contribution < 1.29 is 33.7 Å². The van der Waals surface area contributed by atoms with Gasteiger partial charge in [0.1, 0.15) is 6.79 Å². The van der Waals surface area contributed by atoms with E-state index >= 15 is 0 Å². The molecule has 0 radical (unpaired) electrons. The first-order valence-electron chi connectivity index (χ1n) is 10.0. The molecule has 0 amide bonds. The molecule has 158 valence electrons. The van der Waals surface area contributed by atoms with Crippen LogP contribution in [-0.4, -0.2) is 49.4 Å². The minimum Gasteiger partial charge on any atom is -0.481 e. The van der Waals surface area contributed by atoms with Gasteiger partial charge in [0.15, 0.2) is 5.78 Å². The van der Waals surface area contributed by atoms with Crippen LogP contribution in [0, 0.1) is 28.6 Å². The smallest absolute Gasteiger partial charge is 0.310 e. The SMILES string of the molecule is C=C1C[C@]23C[C@@]1(OCOC)CC[C@H]2C1=CC(=O)C[C@@](C)(C(=O)O)[C@H]1[C@@H]3C(=O)OC. The third-order valence-electron chi connectivity index (χ3n) is 8.00. The van der Waals surface area contributed by atoms with Crippen molar-refractivity contribution in [1.82, 2.24) is 0 Å². The summed E-state index contributed by atoms with van der Waals surface area (Å²) in [6.45, 7) is 5.98. The van der Waals surface area contributed by atoms with E-state index in [0.29, 0.717) is 25.7 Å². The summed E-state index contributed by atoms with van der Waals surface area (Å²) < 4.78 is 16.4. The standard InChI is InChI=1S/C22H28O7/c1-12-8-21-10-22(12,29-11-27-3)6-5-15(21)14-7-13(23)9-20(2,19(25)26)16(14)17(21)18(24)28-4/h7,15-17H,1,5-6,8-11H2,2-4H3,(H,25,26)/t15-,16+,17+,20+,21-,22-/m0/s1. The van der Waals surface area contributed by atoms with Crippen molar-refractivity contribution in [2.24, 2.45) is 28.6 Å². The van der Waals surface area contributed by atoms with Crippen LogP contribution in [0.5, 0.6) is 0 Å². The molecule has 0 heterocycles. The number of carbonyl (C=O) groups excluding carboxylic acids is 2. The lowest BCUT2D eigenvalue weighted by Gasteiger charge is -2.43. The van der Waals surface area contributed by atoms with E-state index in [1.54, 1.807) is 20.1 Å². The predicted octanol–water partition coefficient (Wildman–Crippen LogP) is 2.50. The Hall–Kier alpha value is -1.99. The van der Waals surface area contributed by atoms with E-state index in [4.69, 9.17) is 14.2 Å². The first-order valence-corrected chi connectivity index (χ1v) is 10.0. The lowest BCUT2D eigenvalue weighted by atomic mass is 9.61. The summed E-state index contributed by atoms with van der Waals surface area (Å²) in [5.74, 6) is -2.93. The Balaban J connectivity index is 1.88. The number of hydrogen-bond donors (Lipinski definition) is 1. The number of methoxy groups -OCH3 is 2. The molecule has 1 spiro atoms. The number of fused-ring (bicyclic) bond motifs is 3. The molecular weight excluding hydrogens is 376 g/mol. The average Bonchev–Trinajstić information content (AvgIpc) is 3.07. The fraction of sp³-hybridized carbons (Fsp3) is 0.682. The van der Waals surface area contributed by atoms with Crippen molar-refractivity contribution >= 4 is 17.7 Å². The van der Waals surface area contributed by atoms with Crippen molar-refractivity contribution in [2.45, 2.75) is 44.6 Å². The van der Waals surface area contributed by atoms with E-state index in [2.05, 4.69) is 6.58 Å². The number of allylic oxidation sites excluding steroid dienone is 2. The van der Waals surface area contributed by atoms with Gasteiger partial charge in [0.05, 0.1) is 24.0 Å². The van der Waals surface area contributed by atoms with Gasteiger partial charge in [-0.3, -0.25) is 14.4 Å². The maximum absolute atomic E-state index is 13.1. The number of carboxylic acids is 1. The van der Waals surface area contributed by atoms with Gasteiger partial charge in [0, 0.05) is 19.4 Å². The molecule has 29 heavy (non-hydrogen) atoms. The third-order valence-corrected chi connectivity index (χ3v) is 8.00. The Kier molecular flexibility index (Phi) is 4.55. The minimum atomic E-state index is -1.34. The van der Waals surface area contributed by atoms with E-state index < -0.39 is 40.2 Å². The average molecular weight is 404 g/mol. The highest BCUT2D eigenvalue weighted by atomic mass is 16.7. The van der Waals surface area contributed by atoms with Crippen LogP contribution in [0.2, 0.25) is 0 Å². The zero-order valence-electron chi connectivity index (χ0n) is 17.2. The number of ketones is 1. The molecule has 0 saturated heterocycles. The van der Waals surface area contributed by atoms with Crippen molar-refractivity contribution in [3.05, 3.63) is 23.8 Å². The monoisotopic (exact) mass is 404 g/mol. The second-order valence-corrected chi connectivity index (χ2v) is 9.32. The van der Waals surface area contributed by atoms with E-state index in [9.17, 15) is 19.5 Å². The molecule has 1 N–H and O–H groups in total. The molecule has 4 aliphatic rings. The highest BCUT2D eigenvalue weighted by Gasteiger charge is 2.73. The number of ether oxygens (including phenoxy) is 3. The molecule has 2 bridgehead atoms. The normalized spacial score (nSPS) is 42.9. The topological polar surface area (TPSA) is 99.1 Å². The molecule has 0 unspecified atom stereocenters. The third kappa shape index (κ3) is 2.53. The van der Waals surface area contributed by atoms with Gasteiger partial charge in [-0.2, -0.15) is 0 Å². The van der Waals surface area contributed by atoms with E-state index in [1.807, 2.05) is 0 Å². The molecule has 4 rings (SSSR count). The Morgan fingerprint density at radius 3 is 2.66 bits per heavy atom. The van der Waals surface area contributed by atoms with Gasteiger partial charge >= 0.3 is 11.9 Å². The Labute approximate surface area is 170 Å². The van der Waals surface area contributed by atoms with Gasteiger partial charge in [0.2, 0.25) is 0 Å². The molecule has 0 aliphatic heterocycles. The molecule has 7 heteroatoms. The Bertz CT molecular complexity index is 829. The Morgan fingerprint density at radius 2 is 2.03 bits per heavy atom.